The van der Waals surface area contributed by atoms with E-state index < -0.39 is 5.60 Å². The number of rotatable bonds is 3. The molecule has 1 aromatic carbocycles. The molecule has 1 amide bonds. The van der Waals surface area contributed by atoms with E-state index in [1.807, 2.05) is 56.0 Å². The number of carbonyl (C=O) groups excluding carboxylic acids is 1. The van der Waals surface area contributed by atoms with E-state index in [0.29, 0.717) is 11.4 Å². The number of amides is 1. The van der Waals surface area contributed by atoms with Gasteiger partial charge in [0, 0.05) is 36.6 Å². The van der Waals surface area contributed by atoms with Gasteiger partial charge in [-0.1, -0.05) is 30.3 Å². The van der Waals surface area contributed by atoms with Gasteiger partial charge in [0.25, 0.3) is 0 Å². The first-order chi connectivity index (χ1) is 14.3. The van der Waals surface area contributed by atoms with Gasteiger partial charge >= 0.3 is 6.09 Å². The van der Waals surface area contributed by atoms with Crippen LogP contribution in [0.5, 0.6) is 5.88 Å². The summed E-state index contributed by atoms with van der Waals surface area (Å²) in [6.07, 6.45) is 3.15. The van der Waals surface area contributed by atoms with Crippen LogP contribution >= 0.6 is 0 Å². The minimum atomic E-state index is -0.501. The number of benzene rings is 1. The van der Waals surface area contributed by atoms with Crippen LogP contribution in [0, 0.1) is 11.3 Å². The molecule has 1 aromatic heterocycles. The Morgan fingerprint density at radius 3 is 2.40 bits per heavy atom. The predicted molar refractivity (Wildman–Crippen MR) is 113 cm³/mol. The van der Waals surface area contributed by atoms with Crippen LogP contribution in [0.1, 0.15) is 52.0 Å². The van der Waals surface area contributed by atoms with Crippen molar-refractivity contribution in [3.8, 4) is 23.2 Å². The molecule has 0 radical (unpaired) electrons. The third-order valence-corrected chi connectivity index (χ3v) is 5.58. The summed E-state index contributed by atoms with van der Waals surface area (Å²) in [5, 5.41) is 9.43. The molecule has 0 aliphatic carbocycles. The standard InChI is InChI=1S/C24H27N3O3/c1-24(2,3)30-23(28)27-18-9-10-19(27)14-20(13-18)29-22-12-16(15-25)11-21(26-22)17-7-5-4-6-8-17/h4-8,11-12,18-20H,9-10,13-14H2,1-3H3/t18-,19+,20-. The molecule has 2 aliphatic heterocycles. The maximum absolute atomic E-state index is 12.6. The second-order valence-corrected chi connectivity index (χ2v) is 9.04. The molecule has 3 heterocycles. The fourth-order valence-electron chi connectivity index (χ4n) is 4.39. The molecule has 0 saturated carbocycles. The van der Waals surface area contributed by atoms with Crippen LogP contribution in [0.3, 0.4) is 0 Å². The first-order valence-corrected chi connectivity index (χ1v) is 10.5. The first kappa shape index (κ1) is 20.2. The van der Waals surface area contributed by atoms with Crippen LogP contribution in [0.4, 0.5) is 4.79 Å². The second kappa shape index (κ2) is 7.98. The maximum Gasteiger partial charge on any atom is 0.410 e. The van der Waals surface area contributed by atoms with Crippen LogP contribution in [0.15, 0.2) is 42.5 Å². The number of piperidine rings is 1. The summed E-state index contributed by atoms with van der Waals surface area (Å²) in [6.45, 7) is 5.67. The molecule has 2 aliphatic rings. The van der Waals surface area contributed by atoms with Gasteiger partial charge in [0.2, 0.25) is 5.88 Å². The summed E-state index contributed by atoms with van der Waals surface area (Å²) >= 11 is 0. The van der Waals surface area contributed by atoms with Gasteiger partial charge in [0.1, 0.15) is 11.7 Å². The zero-order valence-electron chi connectivity index (χ0n) is 17.7. The Morgan fingerprint density at radius 1 is 1.13 bits per heavy atom. The number of aromatic nitrogens is 1. The Labute approximate surface area is 177 Å². The van der Waals surface area contributed by atoms with E-state index in [4.69, 9.17) is 9.47 Å². The maximum atomic E-state index is 12.6. The van der Waals surface area contributed by atoms with Crippen LogP contribution in [0.25, 0.3) is 11.3 Å². The number of carbonyl (C=O) groups is 1. The smallest absolute Gasteiger partial charge is 0.410 e. The fourth-order valence-corrected chi connectivity index (χ4v) is 4.39. The summed E-state index contributed by atoms with van der Waals surface area (Å²) in [4.78, 5) is 19.2. The molecule has 2 saturated heterocycles. The summed E-state index contributed by atoms with van der Waals surface area (Å²) in [5.74, 6) is 0.461. The summed E-state index contributed by atoms with van der Waals surface area (Å²) in [5.41, 5.74) is 1.69. The molecule has 0 unspecified atom stereocenters. The van der Waals surface area contributed by atoms with Crippen LogP contribution < -0.4 is 4.74 Å². The Balaban J connectivity index is 1.49. The van der Waals surface area contributed by atoms with Crippen molar-refractivity contribution >= 4 is 6.09 Å². The van der Waals surface area contributed by atoms with Crippen molar-refractivity contribution in [2.24, 2.45) is 0 Å². The van der Waals surface area contributed by atoms with Gasteiger partial charge in [-0.05, 0) is 39.7 Å². The molecule has 4 rings (SSSR count). The summed E-state index contributed by atoms with van der Waals surface area (Å²) < 4.78 is 11.8. The van der Waals surface area contributed by atoms with E-state index in [-0.39, 0.29) is 24.3 Å². The van der Waals surface area contributed by atoms with E-state index in [2.05, 4.69) is 11.1 Å². The zero-order valence-corrected chi connectivity index (χ0v) is 17.7. The Hall–Kier alpha value is -3.07. The number of fused-ring (bicyclic) bond motifs is 2. The van der Waals surface area contributed by atoms with Gasteiger partial charge in [0.05, 0.1) is 17.3 Å². The van der Waals surface area contributed by atoms with Crippen LogP contribution in [-0.4, -0.2) is 39.8 Å². The normalized spacial score (nSPS) is 23.0. The number of hydrogen-bond acceptors (Lipinski definition) is 5. The second-order valence-electron chi connectivity index (χ2n) is 9.04. The largest absolute Gasteiger partial charge is 0.474 e. The average Bonchev–Trinajstić information content (AvgIpc) is 2.98. The topological polar surface area (TPSA) is 75.4 Å². The highest BCUT2D eigenvalue weighted by Gasteiger charge is 2.45. The number of nitriles is 1. The van der Waals surface area contributed by atoms with Crippen molar-refractivity contribution < 1.29 is 14.3 Å². The molecule has 156 valence electrons. The van der Waals surface area contributed by atoms with Crippen molar-refractivity contribution in [3.05, 3.63) is 48.0 Å². The van der Waals surface area contributed by atoms with Gasteiger partial charge < -0.3 is 14.4 Å². The molecule has 6 heteroatoms. The van der Waals surface area contributed by atoms with E-state index in [1.54, 1.807) is 12.1 Å². The van der Waals surface area contributed by atoms with E-state index in [0.717, 1.165) is 36.9 Å². The molecule has 2 aromatic rings. The molecule has 0 spiro atoms. The van der Waals surface area contributed by atoms with Crippen molar-refractivity contribution in [1.82, 2.24) is 9.88 Å². The first-order valence-electron chi connectivity index (χ1n) is 10.5. The van der Waals surface area contributed by atoms with E-state index in [9.17, 15) is 10.1 Å². The molecule has 6 nitrogen and oxygen atoms in total. The zero-order chi connectivity index (χ0) is 21.3. The van der Waals surface area contributed by atoms with E-state index >= 15 is 0 Å². The Bertz CT molecular complexity index is 948. The number of hydrogen-bond donors (Lipinski definition) is 0. The molecular formula is C24H27N3O3. The lowest BCUT2D eigenvalue weighted by Gasteiger charge is -2.39. The molecule has 3 atom stereocenters. The third-order valence-electron chi connectivity index (χ3n) is 5.58. The highest BCUT2D eigenvalue weighted by atomic mass is 16.6. The van der Waals surface area contributed by atoms with E-state index in [1.165, 1.54) is 0 Å². The third kappa shape index (κ3) is 4.40. The lowest BCUT2D eigenvalue weighted by Crippen LogP contribution is -2.50. The molecule has 2 bridgehead atoms. The van der Waals surface area contributed by atoms with Gasteiger partial charge in [-0.15, -0.1) is 0 Å². The average molecular weight is 405 g/mol. The monoisotopic (exact) mass is 405 g/mol. The number of ether oxygens (including phenoxy) is 2. The van der Waals surface area contributed by atoms with Gasteiger partial charge in [0.15, 0.2) is 0 Å². The lowest BCUT2D eigenvalue weighted by molar-refractivity contribution is -0.00757. The SMILES string of the molecule is CC(C)(C)OC(=O)N1[C@@H]2CC[C@H]1C[C@H](Oc1cc(C#N)cc(-c3ccccc3)n1)C2. The van der Waals surface area contributed by atoms with Gasteiger partial charge in [-0.2, -0.15) is 5.26 Å². The molecule has 2 fully saturated rings. The highest BCUT2D eigenvalue weighted by Crippen LogP contribution is 2.38. The minimum Gasteiger partial charge on any atom is -0.474 e. The molecular weight excluding hydrogens is 378 g/mol. The molecule has 30 heavy (non-hydrogen) atoms. The Morgan fingerprint density at radius 2 is 1.80 bits per heavy atom. The molecule has 0 N–H and O–H groups in total. The van der Waals surface area contributed by atoms with Crippen molar-refractivity contribution in [3.63, 3.8) is 0 Å². The fraction of sp³-hybridized carbons (Fsp3) is 0.458. The lowest BCUT2D eigenvalue weighted by atomic mass is 10.00. The van der Waals surface area contributed by atoms with Crippen LogP contribution in [-0.2, 0) is 4.74 Å². The van der Waals surface area contributed by atoms with Crippen molar-refractivity contribution in [2.75, 3.05) is 0 Å². The number of pyridine rings is 1. The van der Waals surface area contributed by atoms with Crippen molar-refractivity contribution in [1.29, 1.82) is 5.26 Å². The minimum absolute atomic E-state index is 0.0359. The quantitative estimate of drug-likeness (QED) is 0.724. The van der Waals surface area contributed by atoms with Gasteiger partial charge in [-0.3, -0.25) is 0 Å². The number of nitrogens with zero attached hydrogens (tertiary/aromatic N) is 3. The highest BCUT2D eigenvalue weighted by molar-refractivity contribution is 5.69. The van der Waals surface area contributed by atoms with Gasteiger partial charge in [-0.25, -0.2) is 9.78 Å². The van der Waals surface area contributed by atoms with Crippen LogP contribution in [0.2, 0.25) is 0 Å². The summed E-state index contributed by atoms with van der Waals surface area (Å²) in [6, 6.07) is 15.7. The predicted octanol–water partition coefficient (Wildman–Crippen LogP) is 4.93. The summed E-state index contributed by atoms with van der Waals surface area (Å²) in [7, 11) is 0. The Kier molecular flexibility index (Phi) is 5.38. The van der Waals surface area contributed by atoms with Crippen molar-refractivity contribution in [2.45, 2.75) is 70.2 Å².